The number of imidazole rings is 1. The van der Waals surface area contributed by atoms with Gasteiger partial charge in [0.1, 0.15) is 11.5 Å². The average Bonchev–Trinajstić information content (AvgIpc) is 2.78. The molecule has 0 saturated carbocycles. The van der Waals surface area contributed by atoms with E-state index in [0.717, 1.165) is 12.3 Å². The zero-order chi connectivity index (χ0) is 12.3. The van der Waals surface area contributed by atoms with Crippen molar-refractivity contribution in [3.05, 3.63) is 42.2 Å². The lowest BCUT2D eigenvalue weighted by Crippen LogP contribution is -2.08. The summed E-state index contributed by atoms with van der Waals surface area (Å²) >= 11 is 0. The van der Waals surface area contributed by atoms with Gasteiger partial charge in [-0.2, -0.15) is 13.2 Å². The van der Waals surface area contributed by atoms with Crippen LogP contribution in [-0.4, -0.2) is 15.0 Å². The van der Waals surface area contributed by atoms with E-state index in [-0.39, 0.29) is 0 Å². The summed E-state index contributed by atoms with van der Waals surface area (Å²) in [5.41, 5.74) is -0.393. The van der Waals surface area contributed by atoms with Crippen LogP contribution in [-0.2, 0) is 12.7 Å². The number of halogens is 3. The molecule has 0 aliphatic carbocycles. The van der Waals surface area contributed by atoms with Crippen molar-refractivity contribution in [2.24, 2.45) is 0 Å². The number of hydrogen-bond acceptors (Lipinski definition) is 3. The first kappa shape index (κ1) is 11.4. The van der Waals surface area contributed by atoms with Gasteiger partial charge in [0.2, 0.25) is 0 Å². The first-order valence-electron chi connectivity index (χ1n) is 4.81. The molecular weight excluding hydrogens is 233 g/mol. The normalized spacial score (nSPS) is 11.5. The number of nitrogens with zero attached hydrogens (tertiary/aromatic N) is 2. The average molecular weight is 242 g/mol. The molecule has 2 aromatic heterocycles. The molecule has 0 bridgehead atoms. The molecule has 7 heteroatoms. The molecule has 0 spiro atoms. The monoisotopic (exact) mass is 242 g/mol. The Kier molecular flexibility index (Phi) is 2.99. The molecule has 0 aliphatic rings. The fourth-order valence-electron chi connectivity index (χ4n) is 1.25. The minimum absolute atomic E-state index is 0.403. The van der Waals surface area contributed by atoms with Crippen molar-refractivity contribution in [3.63, 3.8) is 0 Å². The quantitative estimate of drug-likeness (QED) is 0.869. The van der Waals surface area contributed by atoms with Crippen molar-refractivity contribution in [2.45, 2.75) is 12.7 Å². The van der Waals surface area contributed by atoms with Gasteiger partial charge < -0.3 is 10.3 Å². The number of aromatic amines is 1. The second-order valence-corrected chi connectivity index (χ2v) is 3.32. The number of anilines is 1. The van der Waals surface area contributed by atoms with Gasteiger partial charge in [-0.05, 0) is 12.1 Å². The lowest BCUT2D eigenvalue weighted by Gasteiger charge is -2.07. The predicted octanol–water partition coefficient (Wildman–Crippen LogP) is 2.44. The summed E-state index contributed by atoms with van der Waals surface area (Å²) in [5, 5.41) is 2.90. The predicted molar refractivity (Wildman–Crippen MR) is 55.2 cm³/mol. The number of nitrogens with one attached hydrogen (secondary N) is 2. The summed E-state index contributed by atoms with van der Waals surface area (Å²) in [6.45, 7) is 0.403. The molecule has 0 aliphatic heterocycles. The smallest absolute Gasteiger partial charge is 0.377 e. The van der Waals surface area contributed by atoms with E-state index >= 15 is 0 Å². The summed E-state index contributed by atoms with van der Waals surface area (Å²) in [6, 6.07) is 2.27. The van der Waals surface area contributed by atoms with E-state index < -0.39 is 11.9 Å². The Balaban J connectivity index is 1.99. The third kappa shape index (κ3) is 2.96. The molecule has 0 fully saturated rings. The Morgan fingerprint density at radius 3 is 2.59 bits per heavy atom. The van der Waals surface area contributed by atoms with E-state index in [1.807, 2.05) is 0 Å². The highest BCUT2D eigenvalue weighted by Gasteiger charge is 2.31. The minimum atomic E-state index is -4.40. The van der Waals surface area contributed by atoms with Crippen LogP contribution < -0.4 is 5.32 Å². The zero-order valence-electron chi connectivity index (χ0n) is 8.62. The van der Waals surface area contributed by atoms with Gasteiger partial charge in [0.05, 0.1) is 18.4 Å². The second kappa shape index (κ2) is 4.44. The highest BCUT2D eigenvalue weighted by atomic mass is 19.4. The van der Waals surface area contributed by atoms with Crippen LogP contribution in [0.2, 0.25) is 0 Å². The van der Waals surface area contributed by atoms with Gasteiger partial charge in [-0.1, -0.05) is 0 Å². The number of alkyl halides is 3. The lowest BCUT2D eigenvalue weighted by atomic mass is 10.3. The van der Waals surface area contributed by atoms with Crippen LogP contribution in [0.4, 0.5) is 18.9 Å². The molecule has 90 valence electrons. The van der Waals surface area contributed by atoms with Crippen molar-refractivity contribution in [1.82, 2.24) is 15.0 Å². The van der Waals surface area contributed by atoms with E-state index in [4.69, 9.17) is 0 Å². The summed E-state index contributed by atoms with van der Waals surface area (Å²) < 4.78 is 36.7. The Morgan fingerprint density at radius 2 is 2.06 bits per heavy atom. The van der Waals surface area contributed by atoms with E-state index in [1.165, 1.54) is 6.07 Å². The lowest BCUT2D eigenvalue weighted by molar-refractivity contribution is -0.141. The largest absolute Gasteiger partial charge is 0.433 e. The standard InChI is InChI=1S/C10H9F3N4/c11-10(12,13)8-2-1-7(5-17-8)16-6-9-14-3-4-15-9/h1-5,16H,6H2,(H,14,15). The zero-order valence-corrected chi connectivity index (χ0v) is 8.62. The number of pyridine rings is 1. The number of H-pyrrole nitrogens is 1. The SMILES string of the molecule is FC(F)(F)c1ccc(NCc2ncc[nH]2)cn1. The van der Waals surface area contributed by atoms with E-state index in [2.05, 4.69) is 20.3 Å². The molecular formula is C10H9F3N4. The molecule has 0 saturated heterocycles. The van der Waals surface area contributed by atoms with Gasteiger partial charge in [-0.3, -0.25) is 0 Å². The van der Waals surface area contributed by atoms with Crippen molar-refractivity contribution >= 4 is 5.69 Å². The molecule has 2 rings (SSSR count). The molecule has 0 aromatic carbocycles. The fraction of sp³-hybridized carbons (Fsp3) is 0.200. The molecule has 0 radical (unpaired) electrons. The summed E-state index contributed by atoms with van der Waals surface area (Å²) in [4.78, 5) is 10.2. The van der Waals surface area contributed by atoms with Crippen LogP contribution in [0.15, 0.2) is 30.7 Å². The molecule has 2 aromatic rings. The summed E-state index contributed by atoms with van der Waals surface area (Å²) in [5.74, 6) is 0.699. The van der Waals surface area contributed by atoms with Crippen molar-refractivity contribution in [2.75, 3.05) is 5.32 Å². The second-order valence-electron chi connectivity index (χ2n) is 3.32. The maximum Gasteiger partial charge on any atom is 0.433 e. The van der Waals surface area contributed by atoms with Gasteiger partial charge in [-0.25, -0.2) is 9.97 Å². The van der Waals surface area contributed by atoms with Crippen LogP contribution in [0.5, 0.6) is 0 Å². The number of hydrogen-bond donors (Lipinski definition) is 2. The van der Waals surface area contributed by atoms with E-state index in [9.17, 15) is 13.2 Å². The van der Waals surface area contributed by atoms with E-state index in [1.54, 1.807) is 12.4 Å². The van der Waals surface area contributed by atoms with Gasteiger partial charge in [0.15, 0.2) is 0 Å². The van der Waals surface area contributed by atoms with Crippen LogP contribution in [0.25, 0.3) is 0 Å². The van der Waals surface area contributed by atoms with E-state index in [0.29, 0.717) is 18.1 Å². The molecule has 2 heterocycles. The van der Waals surface area contributed by atoms with Gasteiger partial charge in [0.25, 0.3) is 0 Å². The summed E-state index contributed by atoms with van der Waals surface area (Å²) in [6.07, 6.45) is 0.00926. The number of rotatable bonds is 3. The first-order valence-corrected chi connectivity index (χ1v) is 4.81. The molecule has 0 amide bonds. The molecule has 0 atom stereocenters. The Hall–Kier alpha value is -2.05. The Bertz CT molecular complexity index is 461. The molecule has 4 nitrogen and oxygen atoms in total. The summed E-state index contributed by atoms with van der Waals surface area (Å²) in [7, 11) is 0. The molecule has 2 N–H and O–H groups in total. The van der Waals surface area contributed by atoms with Gasteiger partial charge in [0, 0.05) is 12.4 Å². The maximum atomic E-state index is 12.2. The third-order valence-electron chi connectivity index (χ3n) is 2.07. The van der Waals surface area contributed by atoms with Gasteiger partial charge >= 0.3 is 6.18 Å². The van der Waals surface area contributed by atoms with Crippen molar-refractivity contribution in [3.8, 4) is 0 Å². The topological polar surface area (TPSA) is 53.6 Å². The van der Waals surface area contributed by atoms with Crippen LogP contribution in [0.1, 0.15) is 11.5 Å². The van der Waals surface area contributed by atoms with Gasteiger partial charge in [-0.15, -0.1) is 0 Å². The van der Waals surface area contributed by atoms with Crippen LogP contribution in [0.3, 0.4) is 0 Å². The Morgan fingerprint density at radius 1 is 1.24 bits per heavy atom. The van der Waals surface area contributed by atoms with Crippen molar-refractivity contribution in [1.29, 1.82) is 0 Å². The highest BCUT2D eigenvalue weighted by molar-refractivity contribution is 5.41. The van der Waals surface area contributed by atoms with Crippen LogP contribution in [0, 0.1) is 0 Å². The van der Waals surface area contributed by atoms with Crippen LogP contribution >= 0.6 is 0 Å². The fourth-order valence-corrected chi connectivity index (χ4v) is 1.25. The third-order valence-corrected chi connectivity index (χ3v) is 2.07. The molecule has 0 unspecified atom stereocenters. The minimum Gasteiger partial charge on any atom is -0.377 e. The highest BCUT2D eigenvalue weighted by Crippen LogP contribution is 2.27. The number of aromatic nitrogens is 3. The maximum absolute atomic E-state index is 12.2. The first-order chi connectivity index (χ1) is 8.05. The van der Waals surface area contributed by atoms with Crippen molar-refractivity contribution < 1.29 is 13.2 Å². The molecule has 17 heavy (non-hydrogen) atoms. The Labute approximate surface area is 94.9 Å².